The van der Waals surface area contributed by atoms with E-state index in [-0.39, 0.29) is 6.04 Å². The normalized spacial score (nSPS) is 17.8. The Bertz CT molecular complexity index is 543. The third-order valence-corrected chi connectivity index (χ3v) is 4.52. The SMILES string of the molecule is NNC(CC1CCCCC1)c1ccnn1-c1ccccc1. The van der Waals surface area contributed by atoms with Gasteiger partial charge in [0, 0.05) is 6.20 Å². The van der Waals surface area contributed by atoms with Crippen molar-refractivity contribution in [2.45, 2.75) is 44.6 Å². The second-order valence-electron chi connectivity index (χ2n) is 5.96. The lowest BCUT2D eigenvalue weighted by Crippen LogP contribution is -2.31. The standard InChI is InChI=1S/C17H24N4/c18-20-16(13-14-7-3-1-4-8-14)17-11-12-19-21(17)15-9-5-2-6-10-15/h2,5-6,9-12,14,16,20H,1,3-4,7-8,13,18H2. The molecule has 0 bridgehead atoms. The van der Waals surface area contributed by atoms with Crippen LogP contribution in [0.3, 0.4) is 0 Å². The molecule has 1 aliphatic carbocycles. The van der Waals surface area contributed by atoms with Crippen LogP contribution in [-0.4, -0.2) is 9.78 Å². The Labute approximate surface area is 126 Å². The van der Waals surface area contributed by atoms with Crippen molar-refractivity contribution < 1.29 is 0 Å². The largest absolute Gasteiger partial charge is 0.271 e. The lowest BCUT2D eigenvalue weighted by atomic mass is 9.84. The molecule has 0 aliphatic heterocycles. The van der Waals surface area contributed by atoms with Crippen LogP contribution in [0.25, 0.3) is 5.69 Å². The van der Waals surface area contributed by atoms with Crippen LogP contribution in [0.4, 0.5) is 0 Å². The minimum Gasteiger partial charge on any atom is -0.271 e. The predicted molar refractivity (Wildman–Crippen MR) is 84.8 cm³/mol. The molecule has 1 aromatic carbocycles. The van der Waals surface area contributed by atoms with Gasteiger partial charge in [0.05, 0.1) is 17.4 Å². The summed E-state index contributed by atoms with van der Waals surface area (Å²) in [6.07, 6.45) is 9.72. The van der Waals surface area contributed by atoms with Crippen LogP contribution in [-0.2, 0) is 0 Å². The molecule has 0 spiro atoms. The summed E-state index contributed by atoms with van der Waals surface area (Å²) < 4.78 is 1.99. The average molecular weight is 284 g/mol. The Morgan fingerprint density at radius 3 is 2.62 bits per heavy atom. The van der Waals surface area contributed by atoms with Crippen LogP contribution in [0.15, 0.2) is 42.6 Å². The van der Waals surface area contributed by atoms with Crippen molar-refractivity contribution >= 4 is 0 Å². The van der Waals surface area contributed by atoms with Gasteiger partial charge < -0.3 is 0 Å². The fourth-order valence-corrected chi connectivity index (χ4v) is 3.39. The Balaban J connectivity index is 1.79. The molecule has 0 amide bonds. The number of para-hydroxylation sites is 1. The van der Waals surface area contributed by atoms with E-state index >= 15 is 0 Å². The Hall–Kier alpha value is -1.65. The number of nitrogens with zero attached hydrogens (tertiary/aromatic N) is 2. The predicted octanol–water partition coefficient (Wildman–Crippen LogP) is 3.35. The van der Waals surface area contributed by atoms with Crippen molar-refractivity contribution in [3.63, 3.8) is 0 Å². The number of hydrogen-bond acceptors (Lipinski definition) is 3. The van der Waals surface area contributed by atoms with E-state index in [2.05, 4.69) is 28.7 Å². The van der Waals surface area contributed by atoms with Gasteiger partial charge in [0.15, 0.2) is 0 Å². The van der Waals surface area contributed by atoms with Gasteiger partial charge in [0.1, 0.15) is 0 Å². The molecule has 21 heavy (non-hydrogen) atoms. The topological polar surface area (TPSA) is 55.9 Å². The molecule has 1 saturated carbocycles. The Kier molecular flexibility index (Phi) is 4.68. The summed E-state index contributed by atoms with van der Waals surface area (Å²) >= 11 is 0. The van der Waals surface area contributed by atoms with E-state index in [1.54, 1.807) is 0 Å². The van der Waals surface area contributed by atoms with Crippen LogP contribution in [0.2, 0.25) is 0 Å². The minimum absolute atomic E-state index is 0.163. The summed E-state index contributed by atoms with van der Waals surface area (Å²) in [5.41, 5.74) is 5.23. The lowest BCUT2D eigenvalue weighted by molar-refractivity contribution is 0.297. The third-order valence-electron chi connectivity index (χ3n) is 4.52. The summed E-state index contributed by atoms with van der Waals surface area (Å²) in [5.74, 6) is 6.61. The number of nitrogens with one attached hydrogen (secondary N) is 1. The number of nitrogens with two attached hydrogens (primary N) is 1. The van der Waals surface area contributed by atoms with Gasteiger partial charge in [0.25, 0.3) is 0 Å². The Morgan fingerprint density at radius 1 is 1.14 bits per heavy atom. The third kappa shape index (κ3) is 3.34. The zero-order valence-electron chi connectivity index (χ0n) is 12.4. The minimum atomic E-state index is 0.163. The maximum Gasteiger partial charge on any atom is 0.0649 e. The first-order chi connectivity index (χ1) is 10.4. The first kappa shape index (κ1) is 14.3. The second kappa shape index (κ2) is 6.87. The highest BCUT2D eigenvalue weighted by Gasteiger charge is 2.22. The highest BCUT2D eigenvalue weighted by atomic mass is 15.3. The summed E-state index contributed by atoms with van der Waals surface area (Å²) in [7, 11) is 0. The summed E-state index contributed by atoms with van der Waals surface area (Å²) in [5, 5.41) is 4.47. The van der Waals surface area contributed by atoms with Gasteiger partial charge in [-0.25, -0.2) is 4.68 Å². The molecule has 4 nitrogen and oxygen atoms in total. The highest BCUT2D eigenvalue weighted by Crippen LogP contribution is 2.32. The summed E-state index contributed by atoms with van der Waals surface area (Å²) in [6.45, 7) is 0. The smallest absolute Gasteiger partial charge is 0.0649 e. The van der Waals surface area contributed by atoms with Gasteiger partial charge >= 0.3 is 0 Å². The van der Waals surface area contributed by atoms with Gasteiger partial charge in [0.2, 0.25) is 0 Å². The van der Waals surface area contributed by atoms with E-state index in [0.29, 0.717) is 0 Å². The van der Waals surface area contributed by atoms with E-state index in [0.717, 1.165) is 23.7 Å². The highest BCUT2D eigenvalue weighted by molar-refractivity contribution is 5.33. The molecule has 2 aromatic rings. The summed E-state index contributed by atoms with van der Waals surface area (Å²) in [6, 6.07) is 12.5. The maximum atomic E-state index is 5.84. The van der Waals surface area contributed by atoms with Crippen LogP contribution in [0.5, 0.6) is 0 Å². The van der Waals surface area contributed by atoms with Crippen molar-refractivity contribution in [1.82, 2.24) is 15.2 Å². The molecule has 0 radical (unpaired) electrons. The zero-order valence-corrected chi connectivity index (χ0v) is 12.4. The molecule has 3 rings (SSSR count). The maximum absolute atomic E-state index is 5.84. The van der Waals surface area contributed by atoms with E-state index in [4.69, 9.17) is 5.84 Å². The number of benzene rings is 1. The molecule has 112 valence electrons. The molecule has 1 unspecified atom stereocenters. The molecular weight excluding hydrogens is 260 g/mol. The molecule has 1 heterocycles. The van der Waals surface area contributed by atoms with Crippen LogP contribution in [0, 0.1) is 5.92 Å². The van der Waals surface area contributed by atoms with Crippen LogP contribution < -0.4 is 11.3 Å². The zero-order chi connectivity index (χ0) is 14.5. The molecule has 0 saturated heterocycles. The molecule has 1 aliphatic rings. The van der Waals surface area contributed by atoms with Gasteiger partial charge in [-0.3, -0.25) is 11.3 Å². The van der Waals surface area contributed by atoms with Crippen molar-refractivity contribution in [2.75, 3.05) is 0 Å². The molecule has 3 N–H and O–H groups in total. The molecule has 1 fully saturated rings. The monoisotopic (exact) mass is 284 g/mol. The van der Waals surface area contributed by atoms with E-state index in [9.17, 15) is 0 Å². The van der Waals surface area contributed by atoms with Crippen molar-refractivity contribution in [2.24, 2.45) is 11.8 Å². The fourth-order valence-electron chi connectivity index (χ4n) is 3.39. The second-order valence-corrected chi connectivity index (χ2v) is 5.96. The molecule has 4 heteroatoms. The molecule has 1 aromatic heterocycles. The first-order valence-electron chi connectivity index (χ1n) is 7.94. The van der Waals surface area contributed by atoms with Crippen molar-refractivity contribution in [1.29, 1.82) is 0 Å². The van der Waals surface area contributed by atoms with E-state index < -0.39 is 0 Å². The number of hydrazine groups is 1. The van der Waals surface area contributed by atoms with Gasteiger partial charge in [-0.2, -0.15) is 5.10 Å². The number of rotatable bonds is 5. The van der Waals surface area contributed by atoms with Gasteiger partial charge in [-0.15, -0.1) is 0 Å². The van der Waals surface area contributed by atoms with Gasteiger partial charge in [-0.1, -0.05) is 50.3 Å². The molecule has 1 atom stereocenters. The quantitative estimate of drug-likeness (QED) is 0.654. The van der Waals surface area contributed by atoms with Crippen LogP contribution in [0.1, 0.15) is 50.3 Å². The number of aromatic nitrogens is 2. The molecular formula is C17H24N4. The van der Waals surface area contributed by atoms with Crippen LogP contribution >= 0.6 is 0 Å². The van der Waals surface area contributed by atoms with Crippen molar-refractivity contribution in [3.05, 3.63) is 48.3 Å². The number of hydrogen-bond donors (Lipinski definition) is 2. The Morgan fingerprint density at radius 2 is 1.90 bits per heavy atom. The van der Waals surface area contributed by atoms with E-state index in [1.807, 2.05) is 29.1 Å². The summed E-state index contributed by atoms with van der Waals surface area (Å²) in [4.78, 5) is 0. The van der Waals surface area contributed by atoms with Gasteiger partial charge in [-0.05, 0) is 30.5 Å². The fraction of sp³-hybridized carbons (Fsp3) is 0.471. The van der Waals surface area contributed by atoms with Crippen molar-refractivity contribution in [3.8, 4) is 5.69 Å². The lowest BCUT2D eigenvalue weighted by Gasteiger charge is -2.26. The average Bonchev–Trinajstić information content (AvgIpc) is 3.04. The van der Waals surface area contributed by atoms with E-state index in [1.165, 1.54) is 32.1 Å². The first-order valence-corrected chi connectivity index (χ1v) is 7.94.